The molecule has 0 bridgehead atoms. The van der Waals surface area contributed by atoms with Gasteiger partial charge in [0.15, 0.2) is 0 Å². The van der Waals surface area contributed by atoms with E-state index in [1.165, 1.54) is 32.1 Å². The minimum Gasteiger partial charge on any atom is -0.0891 e. The van der Waals surface area contributed by atoms with Crippen LogP contribution in [0.25, 0.3) is 0 Å². The van der Waals surface area contributed by atoms with Crippen LogP contribution in [-0.2, 0) is 27.7 Å². The molecule has 0 nitrogen and oxygen atoms in total. The number of alkyl halides is 1. The van der Waals surface area contributed by atoms with Crippen LogP contribution in [0.3, 0.4) is 0 Å². The zero-order valence-corrected chi connectivity index (χ0v) is 12.3. The fourth-order valence-corrected chi connectivity index (χ4v) is 1.70. The molecule has 0 aromatic rings. The van der Waals surface area contributed by atoms with Crippen LogP contribution in [-0.4, -0.2) is 4.83 Å². The summed E-state index contributed by atoms with van der Waals surface area (Å²) in [6, 6.07) is 0. The van der Waals surface area contributed by atoms with E-state index < -0.39 is 0 Å². The molecule has 0 aliphatic heterocycles. The predicted octanol–water partition coefficient (Wildman–Crippen LogP) is 2.71. The summed E-state index contributed by atoms with van der Waals surface area (Å²) >= 11 is 3.59. The van der Waals surface area contributed by atoms with Gasteiger partial charge in [0, 0.05) is 4.83 Å². The largest absolute Gasteiger partial charge is 2.00 e. The topological polar surface area (TPSA) is 0 Å². The zero-order valence-electron chi connectivity index (χ0n) is 5.20. The minimum atomic E-state index is 0. The molecule has 0 saturated heterocycles. The van der Waals surface area contributed by atoms with Gasteiger partial charge in [-0.05, 0) is 12.8 Å². The summed E-state index contributed by atoms with van der Waals surface area (Å²) in [5, 5.41) is 0. The van der Waals surface area contributed by atoms with Crippen molar-refractivity contribution in [3.05, 3.63) is 0 Å². The Labute approximate surface area is 80.1 Å². The number of hydrogen-bond acceptors (Lipinski definition) is 0. The van der Waals surface area contributed by atoms with Gasteiger partial charge in [0.2, 0.25) is 0 Å². The molecule has 0 aromatic carbocycles. The smallest absolute Gasteiger partial charge is 0.0891 e. The summed E-state index contributed by atoms with van der Waals surface area (Å²) in [6.45, 7) is 0. The summed E-state index contributed by atoms with van der Waals surface area (Å²) in [7, 11) is 0. The molecule has 0 N–H and O–H groups in total. The van der Waals surface area contributed by atoms with Crippen molar-refractivity contribution in [2.45, 2.75) is 36.9 Å². The number of halogens is 1. The van der Waals surface area contributed by atoms with Crippen molar-refractivity contribution in [2.75, 3.05) is 0 Å². The third-order valence-electron chi connectivity index (χ3n) is 1.53. The Hall–Kier alpha value is 1.42. The summed E-state index contributed by atoms with van der Waals surface area (Å²) in [4.78, 5) is 0.848. The van der Waals surface area contributed by atoms with Crippen LogP contribution >= 0.6 is 15.9 Å². The maximum atomic E-state index is 3.59. The van der Waals surface area contributed by atoms with Gasteiger partial charge in [0.25, 0.3) is 0 Å². The normalized spacial score (nSPS) is 22.1. The predicted molar refractivity (Wildman–Crippen MR) is 35.8 cm³/mol. The zero-order chi connectivity index (χ0) is 5.11. The third-order valence-corrected chi connectivity index (χ3v) is 2.45. The standard InChI is InChI=1S/C6H11Br.Hg/c7-6-4-2-1-3-5-6;/h6H,1-5H2;/q;+2. The Morgan fingerprint density at radius 3 is 1.75 bits per heavy atom. The second-order valence-electron chi connectivity index (χ2n) is 2.24. The summed E-state index contributed by atoms with van der Waals surface area (Å²) in [5.74, 6) is 0. The number of rotatable bonds is 0. The van der Waals surface area contributed by atoms with Gasteiger partial charge in [-0.15, -0.1) is 0 Å². The van der Waals surface area contributed by atoms with Gasteiger partial charge in [0.1, 0.15) is 0 Å². The molecule has 1 aliphatic carbocycles. The molecule has 8 heavy (non-hydrogen) atoms. The first-order valence-corrected chi connectivity index (χ1v) is 3.95. The van der Waals surface area contributed by atoms with E-state index in [1.807, 2.05) is 0 Å². The first kappa shape index (κ1) is 9.42. The van der Waals surface area contributed by atoms with Crippen molar-refractivity contribution in [2.24, 2.45) is 0 Å². The second kappa shape index (κ2) is 5.22. The summed E-state index contributed by atoms with van der Waals surface area (Å²) < 4.78 is 0. The van der Waals surface area contributed by atoms with Crippen molar-refractivity contribution >= 4 is 15.9 Å². The van der Waals surface area contributed by atoms with Crippen LogP contribution < -0.4 is 0 Å². The second-order valence-corrected chi connectivity index (χ2v) is 3.53. The van der Waals surface area contributed by atoms with Crippen molar-refractivity contribution in [1.82, 2.24) is 0 Å². The maximum Gasteiger partial charge on any atom is 2.00 e. The van der Waals surface area contributed by atoms with Crippen molar-refractivity contribution in [3.8, 4) is 0 Å². The van der Waals surface area contributed by atoms with Crippen LogP contribution in [0.4, 0.5) is 0 Å². The van der Waals surface area contributed by atoms with E-state index in [0.29, 0.717) is 0 Å². The molecule has 2 heteroatoms. The molecule has 1 saturated carbocycles. The van der Waals surface area contributed by atoms with Gasteiger partial charge in [-0.3, -0.25) is 0 Å². The van der Waals surface area contributed by atoms with Crippen LogP contribution in [0.15, 0.2) is 0 Å². The van der Waals surface area contributed by atoms with Gasteiger partial charge in [-0.2, -0.15) is 0 Å². The molecule has 1 fully saturated rings. The van der Waals surface area contributed by atoms with Crippen LogP contribution in [0.2, 0.25) is 0 Å². The van der Waals surface area contributed by atoms with Gasteiger partial charge >= 0.3 is 27.7 Å². The van der Waals surface area contributed by atoms with E-state index in [4.69, 9.17) is 0 Å². The molecule has 0 aromatic heterocycles. The third kappa shape index (κ3) is 3.44. The minimum absolute atomic E-state index is 0. The molecule has 0 unspecified atom stereocenters. The average molecular weight is 364 g/mol. The Kier molecular flexibility index (Phi) is 6.14. The van der Waals surface area contributed by atoms with Crippen molar-refractivity contribution in [1.29, 1.82) is 0 Å². The Morgan fingerprint density at radius 2 is 1.50 bits per heavy atom. The molecule has 1 rings (SSSR count). The van der Waals surface area contributed by atoms with E-state index in [9.17, 15) is 0 Å². The van der Waals surface area contributed by atoms with E-state index in [-0.39, 0.29) is 27.7 Å². The van der Waals surface area contributed by atoms with Crippen molar-refractivity contribution in [3.63, 3.8) is 0 Å². The Morgan fingerprint density at radius 1 is 1.00 bits per heavy atom. The summed E-state index contributed by atoms with van der Waals surface area (Å²) in [6.07, 6.45) is 7.15. The number of hydrogen-bond donors (Lipinski definition) is 0. The molecule has 0 amide bonds. The van der Waals surface area contributed by atoms with E-state index in [2.05, 4.69) is 15.9 Å². The SMILES string of the molecule is BrC1CCCCC1.[Hg+2]. The van der Waals surface area contributed by atoms with Crippen LogP contribution in [0.1, 0.15) is 32.1 Å². The molecular formula is C6H11BrHg+2. The molecule has 42 valence electrons. The molecule has 0 heterocycles. The first-order chi connectivity index (χ1) is 3.39. The van der Waals surface area contributed by atoms with Crippen LogP contribution in [0.5, 0.6) is 0 Å². The molecule has 0 atom stereocenters. The fraction of sp³-hybridized carbons (Fsp3) is 1.00. The van der Waals surface area contributed by atoms with Gasteiger partial charge < -0.3 is 0 Å². The Bertz CT molecular complexity index is 50.5. The molecule has 0 radical (unpaired) electrons. The monoisotopic (exact) mass is 364 g/mol. The maximum absolute atomic E-state index is 3.59. The van der Waals surface area contributed by atoms with Gasteiger partial charge in [0.05, 0.1) is 0 Å². The first-order valence-electron chi connectivity index (χ1n) is 3.03. The molecule has 1 aliphatic rings. The van der Waals surface area contributed by atoms with Gasteiger partial charge in [-0.1, -0.05) is 35.2 Å². The van der Waals surface area contributed by atoms with E-state index in [0.717, 1.165) is 4.83 Å². The Balaban J connectivity index is 0.000000490. The molecular weight excluding hydrogens is 353 g/mol. The quantitative estimate of drug-likeness (QED) is 0.459. The van der Waals surface area contributed by atoms with Gasteiger partial charge in [-0.25, -0.2) is 0 Å². The van der Waals surface area contributed by atoms with Crippen molar-refractivity contribution < 1.29 is 27.7 Å². The fourth-order valence-electron chi connectivity index (χ4n) is 1.05. The van der Waals surface area contributed by atoms with E-state index >= 15 is 0 Å². The molecule has 0 spiro atoms. The van der Waals surface area contributed by atoms with Crippen LogP contribution in [0, 0.1) is 0 Å². The van der Waals surface area contributed by atoms with E-state index in [1.54, 1.807) is 0 Å². The summed E-state index contributed by atoms with van der Waals surface area (Å²) in [5.41, 5.74) is 0. The average Bonchev–Trinajstić information content (AvgIpc) is 1.69.